The number of hydrogen-bond acceptors (Lipinski definition) is 4. The summed E-state index contributed by atoms with van der Waals surface area (Å²) in [6, 6.07) is 7.59. The van der Waals surface area contributed by atoms with Gasteiger partial charge < -0.3 is 14.8 Å². The Morgan fingerprint density at radius 3 is 2.39 bits per heavy atom. The van der Waals surface area contributed by atoms with Crippen LogP contribution >= 0.6 is 0 Å². The smallest absolute Gasteiger partial charge is 0.256 e. The average Bonchev–Trinajstić information content (AvgIpc) is 2.63. The molecule has 1 saturated heterocycles. The van der Waals surface area contributed by atoms with Gasteiger partial charge in [0, 0.05) is 31.9 Å². The molecule has 1 heterocycles. The monoisotopic (exact) mass is 390 g/mol. The Labute approximate surface area is 170 Å². The molecule has 1 fully saturated rings. The lowest BCUT2D eigenvalue weighted by molar-refractivity contribution is -0.139. The van der Waals surface area contributed by atoms with Gasteiger partial charge in [-0.1, -0.05) is 27.2 Å². The number of nitrogens with zero attached hydrogens (tertiary/aromatic N) is 1. The van der Waals surface area contributed by atoms with Gasteiger partial charge >= 0.3 is 0 Å². The van der Waals surface area contributed by atoms with Crippen LogP contribution in [0.3, 0.4) is 0 Å². The summed E-state index contributed by atoms with van der Waals surface area (Å²) in [5.74, 6) is 2.26. The lowest BCUT2D eigenvalue weighted by Crippen LogP contribution is -2.42. The highest BCUT2D eigenvalue weighted by molar-refractivity contribution is 5.97. The molecule has 1 aliphatic rings. The molecule has 158 valence electrons. The Morgan fingerprint density at radius 2 is 1.82 bits per heavy atom. The fraction of sp³-hybridized carbons (Fsp3) is 0.696. The topological polar surface area (TPSA) is 50.8 Å². The summed E-state index contributed by atoms with van der Waals surface area (Å²) in [7, 11) is 0. The zero-order chi connectivity index (χ0) is 20.6. The van der Waals surface area contributed by atoms with Crippen molar-refractivity contribution >= 4 is 11.6 Å². The molecule has 0 radical (unpaired) electrons. The molecule has 3 atom stereocenters. The summed E-state index contributed by atoms with van der Waals surface area (Å²) >= 11 is 0. The van der Waals surface area contributed by atoms with E-state index in [2.05, 4.69) is 31.0 Å². The van der Waals surface area contributed by atoms with Crippen molar-refractivity contribution < 1.29 is 14.3 Å². The van der Waals surface area contributed by atoms with Gasteiger partial charge in [0.1, 0.15) is 18.0 Å². The summed E-state index contributed by atoms with van der Waals surface area (Å²) in [4.78, 5) is 15.1. The Balaban J connectivity index is 1.81. The molecule has 1 aliphatic heterocycles. The van der Waals surface area contributed by atoms with Crippen LogP contribution in [-0.2, 0) is 9.53 Å². The van der Waals surface area contributed by atoms with Crippen LogP contribution in [0.15, 0.2) is 24.3 Å². The van der Waals surface area contributed by atoms with Crippen LogP contribution in [0.2, 0.25) is 0 Å². The normalized spacial score (nSPS) is 22.5. The molecule has 0 saturated carbocycles. The van der Waals surface area contributed by atoms with Gasteiger partial charge in [0.05, 0.1) is 0 Å². The second-order valence-corrected chi connectivity index (χ2v) is 8.45. The van der Waals surface area contributed by atoms with Crippen LogP contribution in [-0.4, -0.2) is 49.3 Å². The number of benzene rings is 1. The second-order valence-electron chi connectivity index (χ2n) is 8.45. The predicted molar refractivity (Wildman–Crippen MR) is 115 cm³/mol. The first-order chi connectivity index (χ1) is 13.4. The maximum Gasteiger partial charge on any atom is 0.256 e. The van der Waals surface area contributed by atoms with Crippen molar-refractivity contribution in [3.8, 4) is 5.75 Å². The van der Waals surface area contributed by atoms with E-state index in [-0.39, 0.29) is 5.91 Å². The summed E-state index contributed by atoms with van der Waals surface area (Å²) < 4.78 is 11.6. The molecule has 0 spiro atoms. The predicted octanol–water partition coefficient (Wildman–Crippen LogP) is 4.58. The minimum atomic E-state index is -0.790. The molecule has 0 aromatic heterocycles. The molecule has 1 N–H and O–H groups in total. The van der Waals surface area contributed by atoms with Crippen molar-refractivity contribution in [2.24, 2.45) is 11.8 Å². The van der Waals surface area contributed by atoms with Gasteiger partial charge in [-0.15, -0.1) is 0 Å². The molecule has 0 unspecified atom stereocenters. The summed E-state index contributed by atoms with van der Waals surface area (Å²) in [6.45, 7) is 15.0. The second kappa shape index (κ2) is 10.8. The number of amides is 1. The highest BCUT2D eigenvalue weighted by atomic mass is 16.5. The Kier molecular flexibility index (Phi) is 8.77. The number of anilines is 1. The van der Waals surface area contributed by atoms with Gasteiger partial charge in [-0.2, -0.15) is 0 Å². The average molecular weight is 391 g/mol. The quantitative estimate of drug-likeness (QED) is 0.635. The summed E-state index contributed by atoms with van der Waals surface area (Å²) in [5, 5.41) is 2.97. The standard InChI is InChI=1S/C23H38N2O3/c1-6-12-23(5,28-7-2)22(26)24-20-8-10-21(11-9-20)27-14-13-25-16-18(3)15-19(4)17-25/h8-11,18-19H,6-7,12-17H2,1-5H3,(H,24,26)/t18-,19+,23-/m0/s1. The molecular formula is C23H38N2O3. The van der Waals surface area contributed by atoms with Crippen LogP contribution in [0, 0.1) is 11.8 Å². The lowest BCUT2D eigenvalue weighted by atomic mass is 9.92. The van der Waals surface area contributed by atoms with Gasteiger partial charge in [0.2, 0.25) is 0 Å². The van der Waals surface area contributed by atoms with Crippen molar-refractivity contribution in [3.05, 3.63) is 24.3 Å². The van der Waals surface area contributed by atoms with Crippen molar-refractivity contribution in [3.63, 3.8) is 0 Å². The number of carbonyl (C=O) groups is 1. The van der Waals surface area contributed by atoms with E-state index in [1.54, 1.807) is 0 Å². The molecule has 1 aromatic rings. The Morgan fingerprint density at radius 1 is 1.18 bits per heavy atom. The van der Waals surface area contributed by atoms with E-state index in [4.69, 9.17) is 9.47 Å². The van der Waals surface area contributed by atoms with E-state index in [1.165, 1.54) is 6.42 Å². The van der Waals surface area contributed by atoms with Crippen LogP contribution in [0.1, 0.15) is 53.9 Å². The highest BCUT2D eigenvalue weighted by Crippen LogP contribution is 2.23. The maximum atomic E-state index is 12.6. The summed E-state index contributed by atoms with van der Waals surface area (Å²) in [5.41, 5.74) is -0.0282. The Hall–Kier alpha value is -1.59. The SMILES string of the molecule is CCC[C@](C)(OCC)C(=O)Nc1ccc(OCCN2C[C@H](C)C[C@H](C)C2)cc1. The first kappa shape index (κ1) is 22.7. The van der Waals surface area contributed by atoms with Crippen molar-refractivity contribution in [1.82, 2.24) is 4.90 Å². The number of carbonyl (C=O) groups excluding carboxylic acids is 1. The first-order valence-electron chi connectivity index (χ1n) is 10.8. The molecule has 0 aliphatic carbocycles. The number of nitrogens with one attached hydrogen (secondary N) is 1. The third-order valence-electron chi connectivity index (χ3n) is 5.40. The van der Waals surface area contributed by atoms with Gasteiger partial charge in [-0.3, -0.25) is 9.69 Å². The Bertz CT molecular complexity index is 586. The van der Waals surface area contributed by atoms with Crippen molar-refractivity contribution in [2.45, 2.75) is 59.5 Å². The van der Waals surface area contributed by atoms with Crippen LogP contribution < -0.4 is 10.1 Å². The number of likely N-dealkylation sites (tertiary alicyclic amines) is 1. The molecule has 2 rings (SSSR count). The van der Waals surface area contributed by atoms with Crippen LogP contribution in [0.25, 0.3) is 0 Å². The van der Waals surface area contributed by atoms with Gasteiger partial charge in [0.25, 0.3) is 5.91 Å². The van der Waals surface area contributed by atoms with Gasteiger partial charge in [-0.25, -0.2) is 0 Å². The minimum absolute atomic E-state index is 0.0989. The number of rotatable bonds is 10. The molecule has 28 heavy (non-hydrogen) atoms. The number of piperidine rings is 1. The molecule has 5 nitrogen and oxygen atoms in total. The lowest BCUT2D eigenvalue weighted by Gasteiger charge is -2.34. The van der Waals surface area contributed by atoms with Crippen LogP contribution in [0.4, 0.5) is 5.69 Å². The van der Waals surface area contributed by atoms with E-state index < -0.39 is 5.60 Å². The van der Waals surface area contributed by atoms with E-state index in [1.807, 2.05) is 38.1 Å². The third kappa shape index (κ3) is 6.78. The molecule has 1 aromatic carbocycles. The summed E-state index contributed by atoms with van der Waals surface area (Å²) in [6.07, 6.45) is 2.91. The van der Waals surface area contributed by atoms with Crippen LogP contribution in [0.5, 0.6) is 5.75 Å². The van der Waals surface area contributed by atoms with Gasteiger partial charge in [-0.05, 0) is 62.8 Å². The molecule has 1 amide bonds. The van der Waals surface area contributed by atoms with Gasteiger partial charge in [0.15, 0.2) is 0 Å². The number of ether oxygens (including phenoxy) is 2. The zero-order valence-corrected chi connectivity index (χ0v) is 18.3. The van der Waals surface area contributed by atoms with Crippen molar-refractivity contribution in [2.75, 3.05) is 38.2 Å². The third-order valence-corrected chi connectivity index (χ3v) is 5.40. The van der Waals surface area contributed by atoms with E-state index in [0.29, 0.717) is 19.6 Å². The largest absolute Gasteiger partial charge is 0.492 e. The fourth-order valence-electron chi connectivity index (χ4n) is 4.21. The zero-order valence-electron chi connectivity index (χ0n) is 18.3. The van der Waals surface area contributed by atoms with E-state index in [0.717, 1.165) is 49.3 Å². The van der Waals surface area contributed by atoms with E-state index >= 15 is 0 Å². The maximum absolute atomic E-state index is 12.6. The number of hydrogen-bond donors (Lipinski definition) is 1. The molecular weight excluding hydrogens is 352 g/mol. The highest BCUT2D eigenvalue weighted by Gasteiger charge is 2.32. The molecule has 5 heteroatoms. The minimum Gasteiger partial charge on any atom is -0.492 e. The fourth-order valence-corrected chi connectivity index (χ4v) is 4.21. The first-order valence-corrected chi connectivity index (χ1v) is 10.8. The molecule has 0 bridgehead atoms. The van der Waals surface area contributed by atoms with Crippen molar-refractivity contribution in [1.29, 1.82) is 0 Å². The van der Waals surface area contributed by atoms with E-state index in [9.17, 15) is 4.79 Å².